The maximum Gasteiger partial charge on any atom is 0.103 e. The molecule has 2 nitrogen and oxygen atoms in total. The van der Waals surface area contributed by atoms with E-state index in [0.29, 0.717) is 0 Å². The van der Waals surface area contributed by atoms with Gasteiger partial charge in [-0.2, -0.15) is 5.26 Å². The molecule has 0 amide bonds. The van der Waals surface area contributed by atoms with Gasteiger partial charge >= 0.3 is 0 Å². The molecule has 1 fully saturated rings. The van der Waals surface area contributed by atoms with E-state index in [-0.39, 0.29) is 12.4 Å². The summed E-state index contributed by atoms with van der Waals surface area (Å²) in [5.74, 6) is 0.950. The van der Waals surface area contributed by atoms with Crippen LogP contribution in [0, 0.1) is 17.2 Å². The van der Waals surface area contributed by atoms with Crippen LogP contribution >= 0.6 is 12.4 Å². The van der Waals surface area contributed by atoms with Crippen LogP contribution in [0.1, 0.15) is 82.6 Å². The largest absolute Gasteiger partial charge is 0.306 e. The minimum absolute atomic E-state index is 0. The van der Waals surface area contributed by atoms with Gasteiger partial charge in [0.15, 0.2) is 0 Å². The third-order valence-electron chi connectivity index (χ3n) is 7.03. The SMILES string of the molecule is CN(CCCC(C#N)(C1=CCCCC1)c1ccccc1)CCC1CCCCC1.Cl. The van der Waals surface area contributed by atoms with Crippen LogP contribution in [0.15, 0.2) is 42.0 Å². The van der Waals surface area contributed by atoms with E-state index in [2.05, 4.69) is 54.4 Å². The van der Waals surface area contributed by atoms with Crippen LogP contribution in [-0.4, -0.2) is 25.0 Å². The first-order valence-electron chi connectivity index (χ1n) is 11.6. The summed E-state index contributed by atoms with van der Waals surface area (Å²) in [4.78, 5) is 2.50. The second kappa shape index (κ2) is 12.4. The predicted octanol–water partition coefficient (Wildman–Crippen LogP) is 7.05. The maximum atomic E-state index is 10.3. The van der Waals surface area contributed by atoms with Crippen molar-refractivity contribution in [2.45, 2.75) is 82.5 Å². The smallest absolute Gasteiger partial charge is 0.103 e. The highest BCUT2D eigenvalue weighted by Gasteiger charge is 2.36. The number of nitrogens with zero attached hydrogens (tertiary/aromatic N) is 2. The fourth-order valence-electron chi connectivity index (χ4n) is 5.24. The summed E-state index contributed by atoms with van der Waals surface area (Å²) < 4.78 is 0. The summed E-state index contributed by atoms with van der Waals surface area (Å²) in [6, 6.07) is 13.3. The molecular formula is C26H39ClN2. The Balaban J connectivity index is 0.00000300. The molecule has 3 heteroatoms. The van der Waals surface area contributed by atoms with Crippen molar-refractivity contribution in [2.24, 2.45) is 5.92 Å². The van der Waals surface area contributed by atoms with Crippen LogP contribution in [0.3, 0.4) is 0 Å². The van der Waals surface area contributed by atoms with Crippen molar-refractivity contribution in [1.29, 1.82) is 5.26 Å². The molecule has 1 aromatic rings. The van der Waals surface area contributed by atoms with E-state index >= 15 is 0 Å². The maximum absolute atomic E-state index is 10.3. The van der Waals surface area contributed by atoms with Crippen molar-refractivity contribution < 1.29 is 0 Å². The van der Waals surface area contributed by atoms with Gasteiger partial charge in [0.1, 0.15) is 5.41 Å². The molecule has 0 radical (unpaired) electrons. The molecule has 1 atom stereocenters. The first-order chi connectivity index (χ1) is 13.7. The Kier molecular flexibility index (Phi) is 10.3. The molecule has 0 N–H and O–H groups in total. The van der Waals surface area contributed by atoms with Crippen LogP contribution in [0.2, 0.25) is 0 Å². The molecule has 0 aromatic heterocycles. The van der Waals surface area contributed by atoms with Gasteiger partial charge < -0.3 is 4.90 Å². The van der Waals surface area contributed by atoms with Crippen LogP contribution in [0.4, 0.5) is 0 Å². The van der Waals surface area contributed by atoms with Crippen molar-refractivity contribution in [3.05, 3.63) is 47.5 Å². The van der Waals surface area contributed by atoms with Crippen molar-refractivity contribution in [1.82, 2.24) is 4.90 Å². The van der Waals surface area contributed by atoms with Gasteiger partial charge in [0.25, 0.3) is 0 Å². The minimum atomic E-state index is -0.425. The summed E-state index contributed by atoms with van der Waals surface area (Å²) in [7, 11) is 2.26. The Labute approximate surface area is 184 Å². The van der Waals surface area contributed by atoms with Crippen LogP contribution in [0.5, 0.6) is 0 Å². The molecule has 1 aromatic carbocycles. The Morgan fingerprint density at radius 1 is 1.03 bits per heavy atom. The highest BCUT2D eigenvalue weighted by molar-refractivity contribution is 5.85. The molecule has 160 valence electrons. The number of halogens is 1. The first-order valence-corrected chi connectivity index (χ1v) is 11.6. The molecule has 1 unspecified atom stereocenters. The molecule has 29 heavy (non-hydrogen) atoms. The lowest BCUT2D eigenvalue weighted by Gasteiger charge is -2.33. The second-order valence-electron chi connectivity index (χ2n) is 9.06. The van der Waals surface area contributed by atoms with Gasteiger partial charge in [-0.3, -0.25) is 0 Å². The third kappa shape index (κ3) is 6.59. The number of hydrogen-bond donors (Lipinski definition) is 0. The highest BCUT2D eigenvalue weighted by Crippen LogP contribution is 2.41. The fourth-order valence-corrected chi connectivity index (χ4v) is 5.24. The summed E-state index contributed by atoms with van der Waals surface area (Å²) in [5.41, 5.74) is 2.14. The molecular weight excluding hydrogens is 376 g/mol. The molecule has 2 aliphatic carbocycles. The second-order valence-corrected chi connectivity index (χ2v) is 9.06. The standard InChI is InChI=1S/C26H38N2.ClH/c1-28(21-18-23-12-5-2-6-13-23)20-11-19-26(22-27,24-14-7-3-8-15-24)25-16-9-4-10-17-25;/h3,7-8,14-16,23H,2,4-6,9-13,17-21H2,1H3;1H. The number of hydrogen-bond acceptors (Lipinski definition) is 2. The number of allylic oxidation sites excluding steroid dienone is 2. The lowest BCUT2D eigenvalue weighted by molar-refractivity contribution is 0.258. The van der Waals surface area contributed by atoms with Gasteiger partial charge in [0.2, 0.25) is 0 Å². The molecule has 0 aliphatic heterocycles. The molecule has 3 rings (SSSR count). The molecule has 0 spiro atoms. The predicted molar refractivity (Wildman–Crippen MR) is 125 cm³/mol. The van der Waals surface area contributed by atoms with E-state index in [1.54, 1.807) is 0 Å². The molecule has 0 heterocycles. The topological polar surface area (TPSA) is 27.0 Å². The lowest BCUT2D eigenvalue weighted by Crippen LogP contribution is -2.30. The zero-order valence-corrected chi connectivity index (χ0v) is 19.1. The van der Waals surface area contributed by atoms with Gasteiger partial charge in [0, 0.05) is 0 Å². The van der Waals surface area contributed by atoms with E-state index in [1.165, 1.54) is 69.0 Å². The lowest BCUT2D eigenvalue weighted by atomic mass is 9.69. The number of benzene rings is 1. The quantitative estimate of drug-likeness (QED) is 0.404. The van der Waals surface area contributed by atoms with Crippen LogP contribution in [0.25, 0.3) is 0 Å². The van der Waals surface area contributed by atoms with Gasteiger partial charge in [0.05, 0.1) is 6.07 Å². The van der Waals surface area contributed by atoms with Crippen molar-refractivity contribution in [3.63, 3.8) is 0 Å². The third-order valence-corrected chi connectivity index (χ3v) is 7.03. The zero-order chi connectivity index (χ0) is 19.7. The molecule has 1 saturated carbocycles. The van der Waals surface area contributed by atoms with Crippen molar-refractivity contribution in [2.75, 3.05) is 20.1 Å². The van der Waals surface area contributed by atoms with E-state index < -0.39 is 5.41 Å². The monoisotopic (exact) mass is 414 g/mol. The average Bonchev–Trinajstić information content (AvgIpc) is 2.77. The van der Waals surface area contributed by atoms with Gasteiger partial charge in [-0.15, -0.1) is 12.4 Å². The first kappa shape index (κ1) is 24.0. The van der Waals surface area contributed by atoms with Crippen molar-refractivity contribution >= 4 is 12.4 Å². The van der Waals surface area contributed by atoms with Gasteiger partial charge in [-0.05, 0) is 82.1 Å². The highest BCUT2D eigenvalue weighted by atomic mass is 35.5. The number of nitriles is 1. The Hall–Kier alpha value is -1.30. The van der Waals surface area contributed by atoms with E-state index in [1.807, 2.05) is 0 Å². The Morgan fingerprint density at radius 2 is 1.79 bits per heavy atom. The van der Waals surface area contributed by atoms with Crippen LogP contribution < -0.4 is 0 Å². The van der Waals surface area contributed by atoms with E-state index in [4.69, 9.17) is 0 Å². The summed E-state index contributed by atoms with van der Waals surface area (Å²) in [5, 5.41) is 10.3. The zero-order valence-electron chi connectivity index (χ0n) is 18.2. The Morgan fingerprint density at radius 3 is 2.45 bits per heavy atom. The fraction of sp³-hybridized carbons (Fsp3) is 0.654. The van der Waals surface area contributed by atoms with E-state index in [0.717, 1.165) is 38.1 Å². The molecule has 0 saturated heterocycles. The normalized spacial score (nSPS) is 19.7. The summed E-state index contributed by atoms with van der Waals surface area (Å²) in [6.07, 6.45) is 17.6. The van der Waals surface area contributed by atoms with Gasteiger partial charge in [-0.25, -0.2) is 0 Å². The van der Waals surface area contributed by atoms with Crippen LogP contribution in [-0.2, 0) is 5.41 Å². The van der Waals surface area contributed by atoms with Gasteiger partial charge in [-0.1, -0.05) is 68.5 Å². The Bertz CT molecular complexity index is 657. The molecule has 0 bridgehead atoms. The summed E-state index contributed by atoms with van der Waals surface area (Å²) in [6.45, 7) is 2.30. The molecule has 2 aliphatic rings. The number of rotatable bonds is 9. The van der Waals surface area contributed by atoms with E-state index in [9.17, 15) is 5.26 Å². The minimum Gasteiger partial charge on any atom is -0.306 e. The summed E-state index contributed by atoms with van der Waals surface area (Å²) >= 11 is 0. The van der Waals surface area contributed by atoms with Crippen molar-refractivity contribution in [3.8, 4) is 6.07 Å². The average molecular weight is 415 g/mol.